The highest BCUT2D eigenvalue weighted by Gasteiger charge is 2.22. The van der Waals surface area contributed by atoms with Gasteiger partial charge in [-0.1, -0.05) is 12.8 Å². The summed E-state index contributed by atoms with van der Waals surface area (Å²) in [6.07, 6.45) is 4.72. The fourth-order valence-electron chi connectivity index (χ4n) is 2.56. The second-order valence-electron chi connectivity index (χ2n) is 4.90. The first kappa shape index (κ1) is 12.8. The Labute approximate surface area is 105 Å². The quantitative estimate of drug-likeness (QED) is 0.656. The van der Waals surface area contributed by atoms with Crippen LogP contribution in [0.2, 0.25) is 0 Å². The van der Waals surface area contributed by atoms with Gasteiger partial charge < -0.3 is 5.32 Å². The van der Waals surface area contributed by atoms with Crippen LogP contribution in [0.5, 0.6) is 0 Å². The number of nitro benzene ring substituents is 1. The predicted molar refractivity (Wildman–Crippen MR) is 68.1 cm³/mol. The van der Waals surface area contributed by atoms with Gasteiger partial charge in [0.25, 0.3) is 5.69 Å². The van der Waals surface area contributed by atoms with E-state index in [1.54, 1.807) is 0 Å². The monoisotopic (exact) mass is 252 g/mol. The molecule has 1 aliphatic rings. The fourth-order valence-corrected chi connectivity index (χ4v) is 2.56. The summed E-state index contributed by atoms with van der Waals surface area (Å²) in [6, 6.07) is 3.73. The molecule has 0 amide bonds. The molecule has 1 saturated carbocycles. The smallest absolute Gasteiger partial charge is 0.271 e. The molecule has 98 valence electrons. The molecule has 1 fully saturated rings. The molecule has 1 aliphatic carbocycles. The van der Waals surface area contributed by atoms with E-state index in [0.717, 1.165) is 18.9 Å². The molecule has 2 rings (SSSR count). The lowest BCUT2D eigenvalue weighted by molar-refractivity contribution is -0.384. The van der Waals surface area contributed by atoms with Crippen molar-refractivity contribution < 1.29 is 9.31 Å². The fraction of sp³-hybridized carbons (Fsp3) is 0.538. The molecule has 5 heteroatoms. The van der Waals surface area contributed by atoms with Gasteiger partial charge in [0.2, 0.25) is 0 Å². The average molecular weight is 252 g/mol. The van der Waals surface area contributed by atoms with Crippen molar-refractivity contribution in [2.24, 2.45) is 5.92 Å². The van der Waals surface area contributed by atoms with Crippen molar-refractivity contribution in [2.75, 3.05) is 5.32 Å². The number of nitrogens with one attached hydrogen (secondary N) is 1. The van der Waals surface area contributed by atoms with Crippen molar-refractivity contribution >= 4 is 11.4 Å². The Morgan fingerprint density at radius 2 is 2.11 bits per heavy atom. The first-order valence-corrected chi connectivity index (χ1v) is 6.28. The third-order valence-corrected chi connectivity index (χ3v) is 3.65. The summed E-state index contributed by atoms with van der Waals surface area (Å²) < 4.78 is 13.6. The average Bonchev–Trinajstić information content (AvgIpc) is 2.85. The van der Waals surface area contributed by atoms with Crippen molar-refractivity contribution in [3.05, 3.63) is 34.1 Å². The highest BCUT2D eigenvalue weighted by atomic mass is 19.1. The second-order valence-corrected chi connectivity index (χ2v) is 4.90. The summed E-state index contributed by atoms with van der Waals surface area (Å²) in [5.41, 5.74) is 0.140. The molecule has 0 bridgehead atoms. The van der Waals surface area contributed by atoms with Crippen LogP contribution in [0.3, 0.4) is 0 Å². The van der Waals surface area contributed by atoms with E-state index in [0.29, 0.717) is 5.92 Å². The van der Waals surface area contributed by atoms with Gasteiger partial charge in [-0.2, -0.15) is 0 Å². The van der Waals surface area contributed by atoms with Crippen molar-refractivity contribution in [3.63, 3.8) is 0 Å². The van der Waals surface area contributed by atoms with Crippen LogP contribution in [0.4, 0.5) is 15.8 Å². The number of rotatable bonds is 4. The Morgan fingerprint density at radius 3 is 2.72 bits per heavy atom. The van der Waals surface area contributed by atoms with Gasteiger partial charge in [-0.3, -0.25) is 10.1 Å². The van der Waals surface area contributed by atoms with E-state index in [2.05, 4.69) is 5.32 Å². The van der Waals surface area contributed by atoms with Gasteiger partial charge in [0.15, 0.2) is 0 Å². The number of hydrogen-bond donors (Lipinski definition) is 1. The molecule has 0 saturated heterocycles. The standard InChI is InChI=1S/C13H17FN2O2/c1-9(10-4-2-3-5-10)15-13-8-11(16(17)18)6-7-12(13)14/h6-10,15H,2-5H2,1H3. The van der Waals surface area contributed by atoms with Crippen LogP contribution < -0.4 is 5.32 Å². The Kier molecular flexibility index (Phi) is 3.79. The van der Waals surface area contributed by atoms with Gasteiger partial charge in [-0.25, -0.2) is 4.39 Å². The molecule has 1 aromatic carbocycles. The van der Waals surface area contributed by atoms with E-state index in [9.17, 15) is 14.5 Å². The van der Waals surface area contributed by atoms with E-state index in [-0.39, 0.29) is 17.4 Å². The summed E-state index contributed by atoms with van der Waals surface area (Å²) in [7, 11) is 0. The van der Waals surface area contributed by atoms with E-state index in [1.807, 2.05) is 6.92 Å². The maximum Gasteiger partial charge on any atom is 0.271 e. The van der Waals surface area contributed by atoms with E-state index in [4.69, 9.17) is 0 Å². The van der Waals surface area contributed by atoms with E-state index in [1.165, 1.54) is 25.0 Å². The van der Waals surface area contributed by atoms with Crippen LogP contribution in [0.15, 0.2) is 18.2 Å². The van der Waals surface area contributed by atoms with Crippen molar-refractivity contribution in [1.29, 1.82) is 0 Å². The molecule has 1 aromatic rings. The maximum atomic E-state index is 13.6. The Hall–Kier alpha value is -1.65. The zero-order valence-electron chi connectivity index (χ0n) is 10.4. The number of nitrogens with zero attached hydrogens (tertiary/aromatic N) is 1. The molecule has 0 aromatic heterocycles. The molecule has 0 radical (unpaired) electrons. The van der Waals surface area contributed by atoms with Crippen LogP contribution in [-0.4, -0.2) is 11.0 Å². The molecule has 18 heavy (non-hydrogen) atoms. The van der Waals surface area contributed by atoms with Crippen LogP contribution in [0.25, 0.3) is 0 Å². The lowest BCUT2D eigenvalue weighted by atomic mass is 9.99. The maximum absolute atomic E-state index is 13.6. The molecule has 1 unspecified atom stereocenters. The number of anilines is 1. The highest BCUT2D eigenvalue weighted by Crippen LogP contribution is 2.30. The topological polar surface area (TPSA) is 55.2 Å². The van der Waals surface area contributed by atoms with Crippen LogP contribution in [-0.2, 0) is 0 Å². The molecular formula is C13H17FN2O2. The molecular weight excluding hydrogens is 235 g/mol. The largest absolute Gasteiger partial charge is 0.380 e. The normalized spacial score (nSPS) is 17.7. The minimum atomic E-state index is -0.509. The number of non-ortho nitro benzene ring substituents is 1. The van der Waals surface area contributed by atoms with Gasteiger partial charge in [0, 0.05) is 18.2 Å². The third kappa shape index (κ3) is 2.78. The minimum absolute atomic E-state index is 0.0856. The molecule has 4 nitrogen and oxygen atoms in total. The van der Waals surface area contributed by atoms with Gasteiger partial charge in [0.05, 0.1) is 10.6 Å². The zero-order valence-corrected chi connectivity index (χ0v) is 10.4. The highest BCUT2D eigenvalue weighted by molar-refractivity contribution is 5.52. The Morgan fingerprint density at radius 1 is 1.44 bits per heavy atom. The Balaban J connectivity index is 2.12. The van der Waals surface area contributed by atoms with E-state index < -0.39 is 10.7 Å². The number of nitro groups is 1. The summed E-state index contributed by atoms with van der Waals surface area (Å²) in [5.74, 6) is 0.0918. The molecule has 0 spiro atoms. The van der Waals surface area contributed by atoms with Crippen LogP contribution in [0.1, 0.15) is 32.6 Å². The Bertz CT molecular complexity index is 445. The molecule has 0 heterocycles. The number of benzene rings is 1. The van der Waals surface area contributed by atoms with Gasteiger partial charge in [-0.05, 0) is 31.7 Å². The third-order valence-electron chi connectivity index (χ3n) is 3.65. The molecule has 1 N–H and O–H groups in total. The van der Waals surface area contributed by atoms with Crippen molar-refractivity contribution in [2.45, 2.75) is 38.6 Å². The van der Waals surface area contributed by atoms with Gasteiger partial charge >= 0.3 is 0 Å². The van der Waals surface area contributed by atoms with Crippen LogP contribution in [0, 0.1) is 21.8 Å². The molecule has 0 aliphatic heterocycles. The number of hydrogen-bond acceptors (Lipinski definition) is 3. The van der Waals surface area contributed by atoms with Crippen LogP contribution >= 0.6 is 0 Å². The second kappa shape index (κ2) is 5.33. The zero-order chi connectivity index (χ0) is 13.1. The summed E-state index contributed by atoms with van der Waals surface area (Å²) in [5, 5.41) is 13.7. The van der Waals surface area contributed by atoms with Crippen molar-refractivity contribution in [1.82, 2.24) is 0 Å². The lowest BCUT2D eigenvalue weighted by Gasteiger charge is -2.21. The minimum Gasteiger partial charge on any atom is -0.380 e. The van der Waals surface area contributed by atoms with Gasteiger partial charge in [0.1, 0.15) is 5.82 Å². The lowest BCUT2D eigenvalue weighted by Crippen LogP contribution is -2.24. The predicted octanol–water partition coefficient (Wildman–Crippen LogP) is 3.72. The molecule has 1 atom stereocenters. The summed E-state index contributed by atoms with van der Waals surface area (Å²) in [4.78, 5) is 10.2. The van der Waals surface area contributed by atoms with Gasteiger partial charge in [-0.15, -0.1) is 0 Å². The number of halogens is 1. The SMILES string of the molecule is CC(Nc1cc([N+](=O)[O-])ccc1F)C1CCCC1. The van der Waals surface area contributed by atoms with E-state index >= 15 is 0 Å². The van der Waals surface area contributed by atoms with Crippen molar-refractivity contribution in [3.8, 4) is 0 Å². The first-order chi connectivity index (χ1) is 8.58. The summed E-state index contributed by atoms with van der Waals surface area (Å²) >= 11 is 0. The summed E-state index contributed by atoms with van der Waals surface area (Å²) in [6.45, 7) is 2.01. The first-order valence-electron chi connectivity index (χ1n) is 6.28.